The number of nitrogens with zero attached hydrogens (tertiary/aromatic N) is 3. The van der Waals surface area contributed by atoms with Gasteiger partial charge in [-0.1, -0.05) is 53.7 Å². The van der Waals surface area contributed by atoms with Crippen LogP contribution in [0.15, 0.2) is 47.6 Å². The summed E-state index contributed by atoms with van der Waals surface area (Å²) in [6, 6.07) is 13.2. The molecule has 1 unspecified atom stereocenters. The van der Waals surface area contributed by atoms with Crippen molar-refractivity contribution < 1.29 is 9.53 Å². The second-order valence-electron chi connectivity index (χ2n) is 6.69. The molecule has 0 spiro atoms. The molecule has 1 N–H and O–H groups in total. The normalized spacial score (nSPS) is 11.9. The Balaban J connectivity index is 1.62. The van der Waals surface area contributed by atoms with E-state index >= 15 is 0 Å². The van der Waals surface area contributed by atoms with E-state index < -0.39 is 0 Å². The third-order valence-corrected chi connectivity index (χ3v) is 5.78. The first-order chi connectivity index (χ1) is 13.9. The van der Waals surface area contributed by atoms with Gasteiger partial charge in [-0.05, 0) is 44.0 Å². The Morgan fingerprint density at radius 3 is 2.55 bits per heavy atom. The highest BCUT2D eigenvalue weighted by molar-refractivity contribution is 7.99. The molecule has 0 radical (unpaired) electrons. The van der Waals surface area contributed by atoms with Gasteiger partial charge in [0.1, 0.15) is 5.75 Å². The molecular formula is C21H23ClN4O2S. The van der Waals surface area contributed by atoms with Crippen LogP contribution in [0.4, 0.5) is 5.69 Å². The molecule has 0 aliphatic rings. The number of ether oxygens (including phenoxy) is 1. The molecule has 1 atom stereocenters. The van der Waals surface area contributed by atoms with Gasteiger partial charge in [-0.25, -0.2) is 0 Å². The molecule has 1 heterocycles. The Morgan fingerprint density at radius 2 is 1.86 bits per heavy atom. The first-order valence-electron chi connectivity index (χ1n) is 9.16. The summed E-state index contributed by atoms with van der Waals surface area (Å²) in [5.41, 5.74) is 2.93. The standard InChI is InChI=1S/C21H23ClN4O2S/c1-13-8-7-9-14(2)19(13)23-18(27)12-29-21-25-24-20(26(21)4)15(3)28-17-11-6-5-10-16(17)22/h5-11,15H,12H2,1-4H3,(H,23,27). The highest BCUT2D eigenvalue weighted by Gasteiger charge is 2.19. The van der Waals surface area contributed by atoms with E-state index in [9.17, 15) is 4.79 Å². The summed E-state index contributed by atoms with van der Waals surface area (Å²) in [6.45, 7) is 5.84. The third-order valence-electron chi connectivity index (χ3n) is 4.45. The fourth-order valence-corrected chi connectivity index (χ4v) is 3.80. The van der Waals surface area contributed by atoms with Gasteiger partial charge in [0, 0.05) is 12.7 Å². The van der Waals surface area contributed by atoms with E-state index in [1.807, 2.05) is 68.8 Å². The fraction of sp³-hybridized carbons (Fsp3) is 0.286. The zero-order valence-electron chi connectivity index (χ0n) is 16.8. The molecule has 3 aromatic rings. The van der Waals surface area contributed by atoms with Crippen LogP contribution >= 0.6 is 23.4 Å². The molecule has 0 fully saturated rings. The van der Waals surface area contributed by atoms with Crippen molar-refractivity contribution in [2.45, 2.75) is 32.0 Å². The van der Waals surface area contributed by atoms with E-state index in [0.29, 0.717) is 21.8 Å². The number of aromatic nitrogens is 3. The number of halogens is 1. The first kappa shape index (κ1) is 21.2. The quantitative estimate of drug-likeness (QED) is 0.536. The van der Waals surface area contributed by atoms with Crippen LogP contribution in [0.1, 0.15) is 30.0 Å². The highest BCUT2D eigenvalue weighted by Crippen LogP contribution is 2.29. The van der Waals surface area contributed by atoms with E-state index in [1.54, 1.807) is 6.07 Å². The Labute approximate surface area is 179 Å². The van der Waals surface area contributed by atoms with E-state index in [1.165, 1.54) is 11.8 Å². The fourth-order valence-electron chi connectivity index (χ4n) is 2.91. The average Bonchev–Trinajstić information content (AvgIpc) is 3.05. The van der Waals surface area contributed by atoms with Crippen molar-refractivity contribution in [1.82, 2.24) is 14.8 Å². The molecule has 1 aromatic heterocycles. The van der Waals surface area contributed by atoms with Gasteiger partial charge in [0.05, 0.1) is 10.8 Å². The van der Waals surface area contributed by atoms with E-state index in [0.717, 1.165) is 16.8 Å². The summed E-state index contributed by atoms with van der Waals surface area (Å²) < 4.78 is 7.74. The lowest BCUT2D eigenvalue weighted by molar-refractivity contribution is -0.113. The number of amides is 1. The molecule has 3 rings (SSSR count). The van der Waals surface area contributed by atoms with Crippen molar-refractivity contribution in [3.63, 3.8) is 0 Å². The molecule has 152 valence electrons. The van der Waals surface area contributed by atoms with Crippen molar-refractivity contribution in [3.05, 3.63) is 64.4 Å². The van der Waals surface area contributed by atoms with Crippen molar-refractivity contribution in [1.29, 1.82) is 0 Å². The van der Waals surface area contributed by atoms with Crippen molar-refractivity contribution in [2.24, 2.45) is 7.05 Å². The minimum absolute atomic E-state index is 0.0858. The van der Waals surface area contributed by atoms with Gasteiger partial charge in [-0.2, -0.15) is 0 Å². The number of hydrogen-bond acceptors (Lipinski definition) is 5. The van der Waals surface area contributed by atoms with Crippen LogP contribution in [0.2, 0.25) is 5.02 Å². The second kappa shape index (κ2) is 9.33. The molecule has 0 bridgehead atoms. The third kappa shape index (κ3) is 5.10. The van der Waals surface area contributed by atoms with Gasteiger partial charge in [0.15, 0.2) is 17.1 Å². The van der Waals surface area contributed by atoms with Gasteiger partial charge in [0.25, 0.3) is 0 Å². The summed E-state index contributed by atoms with van der Waals surface area (Å²) in [6.07, 6.45) is -0.342. The summed E-state index contributed by atoms with van der Waals surface area (Å²) in [5, 5.41) is 12.6. The van der Waals surface area contributed by atoms with Gasteiger partial charge in [0.2, 0.25) is 5.91 Å². The van der Waals surface area contributed by atoms with Crippen LogP contribution in [0.25, 0.3) is 0 Å². The van der Waals surface area contributed by atoms with Crippen molar-refractivity contribution >= 4 is 35.0 Å². The number of nitrogens with one attached hydrogen (secondary N) is 1. The number of hydrogen-bond donors (Lipinski definition) is 1. The van der Waals surface area contributed by atoms with Crippen LogP contribution in [0, 0.1) is 13.8 Å². The van der Waals surface area contributed by atoms with Crippen LogP contribution in [-0.2, 0) is 11.8 Å². The molecule has 29 heavy (non-hydrogen) atoms. The maximum Gasteiger partial charge on any atom is 0.234 e. The topological polar surface area (TPSA) is 69.0 Å². The summed E-state index contributed by atoms with van der Waals surface area (Å²) >= 11 is 7.49. The summed E-state index contributed by atoms with van der Waals surface area (Å²) in [4.78, 5) is 12.4. The Hall–Kier alpha value is -2.51. The van der Waals surface area contributed by atoms with Crippen LogP contribution in [0.3, 0.4) is 0 Å². The lowest BCUT2D eigenvalue weighted by atomic mass is 10.1. The monoisotopic (exact) mass is 430 g/mol. The molecule has 8 heteroatoms. The molecule has 2 aromatic carbocycles. The maximum absolute atomic E-state index is 12.4. The number of aryl methyl sites for hydroxylation is 2. The Kier molecular flexibility index (Phi) is 6.82. The van der Waals surface area contributed by atoms with Crippen molar-refractivity contribution in [2.75, 3.05) is 11.1 Å². The lowest BCUT2D eigenvalue weighted by Gasteiger charge is -2.15. The minimum atomic E-state index is -0.342. The lowest BCUT2D eigenvalue weighted by Crippen LogP contribution is -2.16. The first-order valence-corrected chi connectivity index (χ1v) is 10.5. The van der Waals surface area contributed by atoms with Crippen LogP contribution < -0.4 is 10.1 Å². The SMILES string of the molecule is Cc1cccc(C)c1NC(=O)CSc1nnc(C(C)Oc2ccccc2Cl)n1C. The smallest absolute Gasteiger partial charge is 0.234 e. The molecular weight excluding hydrogens is 408 g/mol. The van der Waals surface area contributed by atoms with Crippen LogP contribution in [-0.4, -0.2) is 26.4 Å². The average molecular weight is 431 g/mol. The zero-order chi connectivity index (χ0) is 21.0. The van der Waals surface area contributed by atoms with Crippen LogP contribution in [0.5, 0.6) is 5.75 Å². The minimum Gasteiger partial charge on any atom is -0.481 e. The molecule has 0 saturated carbocycles. The molecule has 1 amide bonds. The van der Waals surface area contributed by atoms with Gasteiger partial charge in [-0.15, -0.1) is 10.2 Å². The predicted molar refractivity (Wildman–Crippen MR) is 117 cm³/mol. The molecule has 6 nitrogen and oxygen atoms in total. The maximum atomic E-state index is 12.4. The zero-order valence-corrected chi connectivity index (χ0v) is 18.3. The number of anilines is 1. The molecule has 0 saturated heterocycles. The highest BCUT2D eigenvalue weighted by atomic mass is 35.5. The Morgan fingerprint density at radius 1 is 1.17 bits per heavy atom. The summed E-state index contributed by atoms with van der Waals surface area (Å²) in [5.74, 6) is 1.39. The number of rotatable bonds is 7. The van der Waals surface area contributed by atoms with E-state index in [2.05, 4.69) is 15.5 Å². The van der Waals surface area contributed by atoms with E-state index in [4.69, 9.17) is 16.3 Å². The second-order valence-corrected chi connectivity index (χ2v) is 8.04. The number of carbonyl (C=O) groups excluding carboxylic acids is 1. The van der Waals surface area contributed by atoms with Gasteiger partial charge >= 0.3 is 0 Å². The van der Waals surface area contributed by atoms with Crippen molar-refractivity contribution in [3.8, 4) is 5.75 Å². The largest absolute Gasteiger partial charge is 0.481 e. The number of thioether (sulfide) groups is 1. The number of benzene rings is 2. The van der Waals surface area contributed by atoms with E-state index in [-0.39, 0.29) is 17.8 Å². The number of carbonyl (C=O) groups is 1. The summed E-state index contributed by atoms with van der Waals surface area (Å²) in [7, 11) is 1.85. The number of para-hydroxylation sites is 2. The Bertz CT molecular complexity index is 1000. The predicted octanol–water partition coefficient (Wildman–Crippen LogP) is 4.96. The molecule has 0 aliphatic heterocycles. The van der Waals surface area contributed by atoms with Gasteiger partial charge < -0.3 is 14.6 Å². The van der Waals surface area contributed by atoms with Gasteiger partial charge in [-0.3, -0.25) is 4.79 Å². The molecule has 0 aliphatic carbocycles.